The summed E-state index contributed by atoms with van der Waals surface area (Å²) >= 11 is 0. The zero-order chi connectivity index (χ0) is 11.3. The van der Waals surface area contributed by atoms with Crippen molar-refractivity contribution < 1.29 is 4.74 Å². The molecule has 0 atom stereocenters. The molecular formula is C13H21NO. The molecule has 0 radical (unpaired) electrons. The van der Waals surface area contributed by atoms with Gasteiger partial charge >= 0.3 is 0 Å². The number of hydrogen-bond donors (Lipinski definition) is 1. The zero-order valence-corrected chi connectivity index (χ0v) is 10.1. The van der Waals surface area contributed by atoms with Crippen LogP contribution in [-0.4, -0.2) is 14.2 Å². The van der Waals surface area contributed by atoms with Crippen molar-refractivity contribution in [3.63, 3.8) is 0 Å². The van der Waals surface area contributed by atoms with Crippen LogP contribution in [0.25, 0.3) is 0 Å². The Labute approximate surface area is 92.6 Å². The number of benzene rings is 1. The highest BCUT2D eigenvalue weighted by Gasteiger charge is 2.04. The number of nitrogens with one attached hydrogen (secondary N) is 1. The fourth-order valence-electron chi connectivity index (χ4n) is 1.76. The van der Waals surface area contributed by atoms with Crippen molar-refractivity contribution in [3.05, 3.63) is 29.3 Å². The van der Waals surface area contributed by atoms with Crippen molar-refractivity contribution in [1.82, 2.24) is 5.32 Å². The highest BCUT2D eigenvalue weighted by atomic mass is 16.5. The summed E-state index contributed by atoms with van der Waals surface area (Å²) < 4.78 is 5.32. The minimum Gasteiger partial charge on any atom is -0.496 e. The van der Waals surface area contributed by atoms with E-state index >= 15 is 0 Å². The maximum absolute atomic E-state index is 5.32. The lowest BCUT2D eigenvalue weighted by Gasteiger charge is -2.11. The smallest absolute Gasteiger partial charge is 0.123 e. The van der Waals surface area contributed by atoms with Gasteiger partial charge in [0, 0.05) is 12.1 Å². The number of rotatable bonds is 5. The van der Waals surface area contributed by atoms with Crippen molar-refractivity contribution in [2.75, 3.05) is 14.2 Å². The molecule has 1 N–H and O–H groups in total. The second-order valence-electron chi connectivity index (χ2n) is 4.27. The van der Waals surface area contributed by atoms with Gasteiger partial charge in [0.2, 0.25) is 0 Å². The molecule has 0 bridgehead atoms. The summed E-state index contributed by atoms with van der Waals surface area (Å²) in [5, 5.41) is 3.16. The molecule has 0 saturated heterocycles. The topological polar surface area (TPSA) is 21.3 Å². The maximum Gasteiger partial charge on any atom is 0.123 e. The minimum atomic E-state index is 0.695. The lowest BCUT2D eigenvalue weighted by molar-refractivity contribution is 0.408. The van der Waals surface area contributed by atoms with E-state index in [4.69, 9.17) is 4.74 Å². The quantitative estimate of drug-likeness (QED) is 0.801. The number of methoxy groups -OCH3 is 1. The van der Waals surface area contributed by atoms with E-state index in [0.717, 1.165) is 18.7 Å². The molecule has 1 aromatic carbocycles. The molecule has 0 aromatic heterocycles. The second-order valence-corrected chi connectivity index (χ2v) is 4.27. The molecule has 2 nitrogen and oxygen atoms in total. The lowest BCUT2D eigenvalue weighted by Crippen LogP contribution is -2.07. The third-order valence-electron chi connectivity index (χ3n) is 2.36. The van der Waals surface area contributed by atoms with Gasteiger partial charge in [-0.1, -0.05) is 26.0 Å². The highest BCUT2D eigenvalue weighted by Crippen LogP contribution is 2.21. The molecular weight excluding hydrogens is 186 g/mol. The van der Waals surface area contributed by atoms with Crippen LogP contribution in [0.5, 0.6) is 5.75 Å². The lowest BCUT2D eigenvalue weighted by atomic mass is 10.0. The molecule has 0 aliphatic heterocycles. The number of ether oxygens (including phenoxy) is 1. The first-order valence-electron chi connectivity index (χ1n) is 5.47. The van der Waals surface area contributed by atoms with Crippen molar-refractivity contribution in [2.45, 2.75) is 26.8 Å². The SMILES string of the molecule is CNCc1cc(CC(C)C)ccc1OC. The van der Waals surface area contributed by atoms with Gasteiger partial charge in [0.25, 0.3) is 0 Å². The Morgan fingerprint density at radius 2 is 2.07 bits per heavy atom. The molecule has 84 valence electrons. The fraction of sp³-hybridized carbons (Fsp3) is 0.538. The van der Waals surface area contributed by atoms with Gasteiger partial charge in [-0.3, -0.25) is 0 Å². The Balaban J connectivity index is 2.88. The number of hydrogen-bond acceptors (Lipinski definition) is 2. The van der Waals surface area contributed by atoms with Gasteiger partial charge in [-0.25, -0.2) is 0 Å². The van der Waals surface area contributed by atoms with Gasteiger partial charge in [-0.05, 0) is 31.0 Å². The second kappa shape index (κ2) is 5.76. The monoisotopic (exact) mass is 207 g/mol. The summed E-state index contributed by atoms with van der Waals surface area (Å²) in [6.07, 6.45) is 1.13. The Bertz CT molecular complexity index is 307. The van der Waals surface area contributed by atoms with E-state index < -0.39 is 0 Å². The van der Waals surface area contributed by atoms with Crippen molar-refractivity contribution in [2.24, 2.45) is 5.92 Å². The van der Waals surface area contributed by atoms with Crippen LogP contribution in [0.15, 0.2) is 18.2 Å². The third-order valence-corrected chi connectivity index (χ3v) is 2.36. The Kier molecular flexibility index (Phi) is 4.63. The van der Waals surface area contributed by atoms with Crippen molar-refractivity contribution >= 4 is 0 Å². The molecule has 0 heterocycles. The molecule has 0 spiro atoms. The van der Waals surface area contributed by atoms with E-state index in [0.29, 0.717) is 5.92 Å². The van der Waals surface area contributed by atoms with Gasteiger partial charge in [-0.2, -0.15) is 0 Å². The molecule has 1 rings (SSSR count). The molecule has 2 heteroatoms. The van der Waals surface area contributed by atoms with E-state index in [1.54, 1.807) is 7.11 Å². The van der Waals surface area contributed by atoms with E-state index in [1.807, 2.05) is 7.05 Å². The summed E-state index contributed by atoms with van der Waals surface area (Å²) in [6, 6.07) is 6.44. The standard InChI is InChI=1S/C13H21NO/c1-10(2)7-11-5-6-13(15-4)12(8-11)9-14-3/h5-6,8,10,14H,7,9H2,1-4H3. The maximum atomic E-state index is 5.32. The van der Waals surface area contributed by atoms with Gasteiger partial charge in [-0.15, -0.1) is 0 Å². The summed E-state index contributed by atoms with van der Waals surface area (Å²) in [6.45, 7) is 5.33. The predicted octanol–water partition coefficient (Wildman–Crippen LogP) is 2.61. The molecule has 1 aromatic rings. The van der Waals surface area contributed by atoms with Crippen LogP contribution in [0.4, 0.5) is 0 Å². The van der Waals surface area contributed by atoms with E-state index in [2.05, 4.69) is 37.4 Å². The Morgan fingerprint density at radius 3 is 2.60 bits per heavy atom. The van der Waals surface area contributed by atoms with E-state index in [-0.39, 0.29) is 0 Å². The summed E-state index contributed by atoms with van der Waals surface area (Å²) in [4.78, 5) is 0. The average Bonchev–Trinajstić information content (AvgIpc) is 2.18. The third kappa shape index (κ3) is 3.56. The zero-order valence-electron chi connectivity index (χ0n) is 10.1. The van der Waals surface area contributed by atoms with Crippen molar-refractivity contribution in [3.8, 4) is 5.75 Å². The molecule has 0 aliphatic carbocycles. The van der Waals surface area contributed by atoms with Crippen LogP contribution >= 0.6 is 0 Å². The van der Waals surface area contributed by atoms with Gasteiger partial charge in [0.15, 0.2) is 0 Å². The average molecular weight is 207 g/mol. The molecule has 15 heavy (non-hydrogen) atoms. The Hall–Kier alpha value is -1.02. The largest absolute Gasteiger partial charge is 0.496 e. The highest BCUT2D eigenvalue weighted by molar-refractivity contribution is 5.37. The fourth-order valence-corrected chi connectivity index (χ4v) is 1.76. The summed E-state index contributed by atoms with van der Waals surface area (Å²) in [5.41, 5.74) is 2.62. The van der Waals surface area contributed by atoms with Crippen LogP contribution in [-0.2, 0) is 13.0 Å². The normalized spacial score (nSPS) is 10.7. The van der Waals surface area contributed by atoms with Crippen LogP contribution in [0, 0.1) is 5.92 Å². The first kappa shape index (κ1) is 12.1. The van der Waals surface area contributed by atoms with E-state index in [1.165, 1.54) is 11.1 Å². The molecule has 0 unspecified atom stereocenters. The van der Waals surface area contributed by atoms with Crippen LogP contribution in [0.1, 0.15) is 25.0 Å². The molecule has 0 fully saturated rings. The summed E-state index contributed by atoms with van der Waals surface area (Å²) in [7, 11) is 3.67. The first-order chi connectivity index (χ1) is 7.17. The Morgan fingerprint density at radius 1 is 1.33 bits per heavy atom. The van der Waals surface area contributed by atoms with E-state index in [9.17, 15) is 0 Å². The van der Waals surface area contributed by atoms with Gasteiger partial charge < -0.3 is 10.1 Å². The predicted molar refractivity (Wildman–Crippen MR) is 64.3 cm³/mol. The van der Waals surface area contributed by atoms with Gasteiger partial charge in [0.1, 0.15) is 5.75 Å². The molecule has 0 aliphatic rings. The molecule has 0 amide bonds. The van der Waals surface area contributed by atoms with Crippen LogP contribution in [0.3, 0.4) is 0 Å². The summed E-state index contributed by atoms with van der Waals surface area (Å²) in [5.74, 6) is 1.66. The van der Waals surface area contributed by atoms with Crippen LogP contribution in [0.2, 0.25) is 0 Å². The minimum absolute atomic E-state index is 0.695. The van der Waals surface area contributed by atoms with Crippen molar-refractivity contribution in [1.29, 1.82) is 0 Å². The first-order valence-corrected chi connectivity index (χ1v) is 5.47. The van der Waals surface area contributed by atoms with Crippen LogP contribution < -0.4 is 10.1 Å². The van der Waals surface area contributed by atoms with Gasteiger partial charge in [0.05, 0.1) is 7.11 Å². The molecule has 0 saturated carbocycles.